The molecule has 0 spiro atoms. The number of thioether (sulfide) groups is 1. The van der Waals surface area contributed by atoms with Crippen LogP contribution >= 0.6 is 11.8 Å². The summed E-state index contributed by atoms with van der Waals surface area (Å²) in [7, 11) is 0. The maximum absolute atomic E-state index is 12.1. The first-order valence-electron chi connectivity index (χ1n) is 7.93. The third-order valence-electron chi connectivity index (χ3n) is 3.78. The molecule has 1 atom stereocenters. The zero-order chi connectivity index (χ0) is 17.5. The van der Waals surface area contributed by atoms with Crippen LogP contribution in [0.3, 0.4) is 0 Å². The predicted molar refractivity (Wildman–Crippen MR) is 91.5 cm³/mol. The number of ether oxygens (including phenoxy) is 1. The largest absolute Gasteiger partial charge is 0.462 e. The number of esters is 1. The summed E-state index contributed by atoms with van der Waals surface area (Å²) in [6.07, 6.45) is 2.68. The zero-order valence-corrected chi connectivity index (χ0v) is 14.8. The molecule has 0 aromatic carbocycles. The molecule has 1 saturated heterocycles. The van der Waals surface area contributed by atoms with Crippen molar-refractivity contribution in [1.82, 2.24) is 14.9 Å². The molecule has 24 heavy (non-hydrogen) atoms. The van der Waals surface area contributed by atoms with E-state index in [4.69, 9.17) is 9.84 Å². The van der Waals surface area contributed by atoms with Crippen molar-refractivity contribution in [2.75, 3.05) is 57.1 Å². The molecular formula is C15H24N4O4S. The van der Waals surface area contributed by atoms with Gasteiger partial charge in [-0.3, -0.25) is 4.90 Å². The summed E-state index contributed by atoms with van der Waals surface area (Å²) in [6, 6.07) is 0. The number of rotatable bonds is 7. The molecule has 0 bridgehead atoms. The standard InChI is InChI=1S/C15H24N4O4S/c1-3-23-14(22)12-8-16-15(24-2)17-13(12)19-6-4-18(5-7-19)9-11(21)10-20/h8,11,20-21H,3-7,9-10H2,1-2H3. The fourth-order valence-electron chi connectivity index (χ4n) is 2.55. The zero-order valence-electron chi connectivity index (χ0n) is 14.0. The van der Waals surface area contributed by atoms with E-state index in [1.807, 2.05) is 11.2 Å². The van der Waals surface area contributed by atoms with E-state index in [1.54, 1.807) is 6.92 Å². The lowest BCUT2D eigenvalue weighted by Gasteiger charge is -2.36. The van der Waals surface area contributed by atoms with Crippen LogP contribution in [-0.4, -0.2) is 89.3 Å². The number of aromatic nitrogens is 2. The normalized spacial score (nSPS) is 16.9. The van der Waals surface area contributed by atoms with E-state index in [9.17, 15) is 9.90 Å². The Hall–Kier alpha value is -1.42. The Balaban J connectivity index is 2.11. The van der Waals surface area contributed by atoms with E-state index in [-0.39, 0.29) is 6.61 Å². The van der Waals surface area contributed by atoms with Crippen molar-refractivity contribution in [3.63, 3.8) is 0 Å². The Kier molecular flexibility index (Phi) is 7.22. The number of carbonyl (C=O) groups is 1. The summed E-state index contributed by atoms with van der Waals surface area (Å²) in [5, 5.41) is 19.1. The van der Waals surface area contributed by atoms with Crippen molar-refractivity contribution >= 4 is 23.5 Å². The molecule has 0 amide bonds. The average Bonchev–Trinajstić information content (AvgIpc) is 2.62. The van der Waals surface area contributed by atoms with Crippen LogP contribution in [0.15, 0.2) is 11.4 Å². The molecule has 1 aromatic heterocycles. The molecule has 2 N–H and O–H groups in total. The maximum Gasteiger partial charge on any atom is 0.343 e. The van der Waals surface area contributed by atoms with Gasteiger partial charge in [-0.25, -0.2) is 14.8 Å². The molecule has 0 aliphatic carbocycles. The number of anilines is 1. The van der Waals surface area contributed by atoms with Gasteiger partial charge in [-0.05, 0) is 13.2 Å². The van der Waals surface area contributed by atoms with Gasteiger partial charge in [0.05, 0.1) is 19.3 Å². The number of aliphatic hydroxyl groups excluding tert-OH is 2. The van der Waals surface area contributed by atoms with Gasteiger partial charge in [0.1, 0.15) is 11.4 Å². The van der Waals surface area contributed by atoms with Gasteiger partial charge in [-0.2, -0.15) is 0 Å². The van der Waals surface area contributed by atoms with Gasteiger partial charge in [0.15, 0.2) is 5.16 Å². The van der Waals surface area contributed by atoms with Crippen LogP contribution in [0.2, 0.25) is 0 Å². The molecular weight excluding hydrogens is 332 g/mol. The van der Waals surface area contributed by atoms with E-state index < -0.39 is 12.1 Å². The Morgan fingerprint density at radius 1 is 1.42 bits per heavy atom. The lowest BCUT2D eigenvalue weighted by Crippen LogP contribution is -2.49. The van der Waals surface area contributed by atoms with Crippen LogP contribution < -0.4 is 4.90 Å². The summed E-state index contributed by atoms with van der Waals surface area (Å²) in [5.41, 5.74) is 0.374. The monoisotopic (exact) mass is 356 g/mol. The number of piperazine rings is 1. The third-order valence-corrected chi connectivity index (χ3v) is 4.34. The number of nitrogens with zero attached hydrogens (tertiary/aromatic N) is 4. The minimum atomic E-state index is -0.728. The molecule has 9 heteroatoms. The second kappa shape index (κ2) is 9.16. The fraction of sp³-hybridized carbons (Fsp3) is 0.667. The maximum atomic E-state index is 12.1. The SMILES string of the molecule is CCOC(=O)c1cnc(SC)nc1N1CCN(CC(O)CO)CC1. The molecule has 1 fully saturated rings. The highest BCUT2D eigenvalue weighted by atomic mass is 32.2. The summed E-state index contributed by atoms with van der Waals surface area (Å²) < 4.78 is 5.10. The van der Waals surface area contributed by atoms with Crippen molar-refractivity contribution in [2.45, 2.75) is 18.2 Å². The molecule has 2 rings (SSSR count). The Morgan fingerprint density at radius 3 is 2.71 bits per heavy atom. The average molecular weight is 356 g/mol. The Labute approximate surface area is 145 Å². The first kappa shape index (κ1) is 18.9. The van der Waals surface area contributed by atoms with E-state index >= 15 is 0 Å². The van der Waals surface area contributed by atoms with Gasteiger partial charge in [0.25, 0.3) is 0 Å². The summed E-state index contributed by atoms with van der Waals surface area (Å²) >= 11 is 1.42. The molecule has 8 nitrogen and oxygen atoms in total. The minimum absolute atomic E-state index is 0.240. The Bertz CT molecular complexity index is 552. The molecule has 1 aromatic rings. The predicted octanol–water partition coefficient (Wildman–Crippen LogP) is -0.150. The van der Waals surface area contributed by atoms with E-state index in [0.717, 1.165) is 13.1 Å². The van der Waals surface area contributed by atoms with Crippen molar-refractivity contribution in [3.05, 3.63) is 11.8 Å². The minimum Gasteiger partial charge on any atom is -0.462 e. The lowest BCUT2D eigenvalue weighted by atomic mass is 10.2. The van der Waals surface area contributed by atoms with Crippen LogP contribution in [0.25, 0.3) is 0 Å². The fourth-order valence-corrected chi connectivity index (χ4v) is 2.88. The van der Waals surface area contributed by atoms with Gasteiger partial charge in [-0.1, -0.05) is 11.8 Å². The molecule has 134 valence electrons. The van der Waals surface area contributed by atoms with Crippen LogP contribution in [0.1, 0.15) is 17.3 Å². The Morgan fingerprint density at radius 2 is 2.12 bits per heavy atom. The highest BCUT2D eigenvalue weighted by Crippen LogP contribution is 2.23. The summed E-state index contributed by atoms with van der Waals surface area (Å²) in [4.78, 5) is 24.9. The van der Waals surface area contributed by atoms with Crippen molar-refractivity contribution in [1.29, 1.82) is 0 Å². The molecule has 0 saturated carbocycles. The summed E-state index contributed by atoms with van der Waals surface area (Å²) in [5.74, 6) is 0.174. The number of aliphatic hydroxyl groups is 2. The van der Waals surface area contributed by atoms with Gasteiger partial charge in [0.2, 0.25) is 0 Å². The van der Waals surface area contributed by atoms with Gasteiger partial charge >= 0.3 is 5.97 Å². The van der Waals surface area contributed by atoms with Crippen LogP contribution in [0.4, 0.5) is 5.82 Å². The number of hydrogen-bond donors (Lipinski definition) is 2. The quantitative estimate of drug-likeness (QED) is 0.392. The van der Waals surface area contributed by atoms with Crippen molar-refractivity contribution < 1.29 is 19.7 Å². The molecule has 2 heterocycles. The topological polar surface area (TPSA) is 99.0 Å². The third kappa shape index (κ3) is 4.79. The van der Waals surface area contributed by atoms with Gasteiger partial charge in [-0.15, -0.1) is 0 Å². The number of carbonyl (C=O) groups excluding carboxylic acids is 1. The van der Waals surface area contributed by atoms with E-state index in [0.29, 0.717) is 42.8 Å². The van der Waals surface area contributed by atoms with E-state index in [1.165, 1.54) is 18.0 Å². The molecule has 1 aliphatic rings. The van der Waals surface area contributed by atoms with Gasteiger partial charge < -0.3 is 19.8 Å². The van der Waals surface area contributed by atoms with Crippen LogP contribution in [-0.2, 0) is 4.74 Å². The first-order chi connectivity index (χ1) is 11.6. The van der Waals surface area contributed by atoms with Crippen molar-refractivity contribution in [2.24, 2.45) is 0 Å². The molecule has 1 aliphatic heterocycles. The molecule has 1 unspecified atom stereocenters. The van der Waals surface area contributed by atoms with E-state index in [2.05, 4.69) is 14.9 Å². The number of β-amino-alcohol motifs (C(OH)–C–C–N with tert-alkyl or cyclic N) is 1. The highest BCUT2D eigenvalue weighted by molar-refractivity contribution is 7.98. The van der Waals surface area contributed by atoms with Crippen LogP contribution in [0, 0.1) is 0 Å². The second-order valence-corrected chi connectivity index (χ2v) is 6.21. The first-order valence-corrected chi connectivity index (χ1v) is 9.15. The summed E-state index contributed by atoms with van der Waals surface area (Å²) in [6.45, 7) is 5.06. The lowest BCUT2D eigenvalue weighted by molar-refractivity contribution is 0.0524. The number of hydrogen-bond acceptors (Lipinski definition) is 9. The van der Waals surface area contributed by atoms with Gasteiger partial charge in [0, 0.05) is 38.9 Å². The van der Waals surface area contributed by atoms with Crippen LogP contribution in [0.5, 0.6) is 0 Å². The van der Waals surface area contributed by atoms with Crippen molar-refractivity contribution in [3.8, 4) is 0 Å². The smallest absolute Gasteiger partial charge is 0.343 e. The highest BCUT2D eigenvalue weighted by Gasteiger charge is 2.25. The second-order valence-electron chi connectivity index (χ2n) is 5.44. The molecule has 0 radical (unpaired) electrons.